The molecule has 1 N–H and O–H groups in total. The molecule has 6 nitrogen and oxygen atoms in total. The number of benzene rings is 4. The Bertz CT molecular complexity index is 1540. The van der Waals surface area contributed by atoms with Crippen LogP contribution in [0.1, 0.15) is 16.7 Å². The summed E-state index contributed by atoms with van der Waals surface area (Å²) in [5, 5.41) is 4.52. The standard InChI is InChI=1S/C29H21BrN2O4/c1-18-9-12-22(13-10-18)32-28(34)24(27(33)31-29(32)35)15-19-11-14-26(25(30)16-19)36-17-21-7-4-6-20-5-2-3-8-23(20)21/h2-16H,17H2,1H3,(H,31,33,35)/b24-15+. The zero-order valence-corrected chi connectivity index (χ0v) is 20.9. The van der Waals surface area contributed by atoms with Crippen molar-refractivity contribution >= 4 is 56.3 Å². The summed E-state index contributed by atoms with van der Waals surface area (Å²) < 4.78 is 6.72. The SMILES string of the molecule is Cc1ccc(N2C(=O)NC(=O)/C(=C\c3ccc(OCc4cccc5ccccc45)c(Br)c3)C2=O)cc1. The minimum atomic E-state index is -0.774. The van der Waals surface area contributed by atoms with Gasteiger partial charge in [0.15, 0.2) is 0 Å². The van der Waals surface area contributed by atoms with E-state index >= 15 is 0 Å². The van der Waals surface area contributed by atoms with Crippen molar-refractivity contribution in [2.24, 2.45) is 0 Å². The molecule has 0 spiro atoms. The second kappa shape index (κ2) is 9.79. The summed E-state index contributed by atoms with van der Waals surface area (Å²) in [6.45, 7) is 2.29. The number of nitrogens with one attached hydrogen (secondary N) is 1. The van der Waals surface area contributed by atoms with E-state index in [1.54, 1.807) is 42.5 Å². The van der Waals surface area contributed by atoms with Crippen LogP contribution in [0.2, 0.25) is 0 Å². The molecule has 4 aromatic carbocycles. The van der Waals surface area contributed by atoms with E-state index in [2.05, 4.69) is 39.4 Å². The van der Waals surface area contributed by atoms with Gasteiger partial charge in [0, 0.05) is 0 Å². The highest BCUT2D eigenvalue weighted by molar-refractivity contribution is 9.10. The molecule has 4 aromatic rings. The Morgan fingerprint density at radius 2 is 1.67 bits per heavy atom. The average molecular weight is 541 g/mol. The topological polar surface area (TPSA) is 75.7 Å². The molecule has 36 heavy (non-hydrogen) atoms. The van der Waals surface area contributed by atoms with Gasteiger partial charge in [0.05, 0.1) is 10.2 Å². The second-order valence-electron chi connectivity index (χ2n) is 8.41. The van der Waals surface area contributed by atoms with Crippen LogP contribution < -0.4 is 15.0 Å². The predicted octanol–water partition coefficient (Wildman–Crippen LogP) is 6.16. The number of fused-ring (bicyclic) bond motifs is 1. The van der Waals surface area contributed by atoms with Crippen LogP contribution in [0, 0.1) is 6.92 Å². The number of rotatable bonds is 5. The second-order valence-corrected chi connectivity index (χ2v) is 9.26. The van der Waals surface area contributed by atoms with Crippen LogP contribution in [-0.4, -0.2) is 17.8 Å². The number of halogens is 1. The molecule has 0 aromatic heterocycles. The maximum absolute atomic E-state index is 13.1. The Balaban J connectivity index is 1.37. The van der Waals surface area contributed by atoms with Crippen molar-refractivity contribution in [2.75, 3.05) is 4.90 Å². The maximum Gasteiger partial charge on any atom is 0.335 e. The van der Waals surface area contributed by atoms with Crippen molar-refractivity contribution in [1.82, 2.24) is 5.32 Å². The normalized spacial score (nSPS) is 14.9. The van der Waals surface area contributed by atoms with Crippen LogP contribution in [0.5, 0.6) is 5.75 Å². The summed E-state index contributed by atoms with van der Waals surface area (Å²) in [4.78, 5) is 38.9. The van der Waals surface area contributed by atoms with Crippen molar-refractivity contribution < 1.29 is 19.1 Å². The third-order valence-electron chi connectivity index (χ3n) is 5.92. The highest BCUT2D eigenvalue weighted by Gasteiger charge is 2.36. The summed E-state index contributed by atoms with van der Waals surface area (Å²) in [6, 6.07) is 25.7. The molecule has 7 heteroatoms. The Hall–Kier alpha value is -4.23. The lowest BCUT2D eigenvalue weighted by atomic mass is 10.1. The van der Waals surface area contributed by atoms with Crippen molar-refractivity contribution in [3.05, 3.63) is 112 Å². The van der Waals surface area contributed by atoms with E-state index in [-0.39, 0.29) is 5.57 Å². The van der Waals surface area contributed by atoms with Gasteiger partial charge in [-0.05, 0) is 75.1 Å². The van der Waals surface area contributed by atoms with E-state index < -0.39 is 17.8 Å². The van der Waals surface area contributed by atoms with E-state index in [0.29, 0.717) is 28.1 Å². The smallest absolute Gasteiger partial charge is 0.335 e. The third kappa shape index (κ3) is 4.65. The van der Waals surface area contributed by atoms with Gasteiger partial charge in [0.1, 0.15) is 17.9 Å². The highest BCUT2D eigenvalue weighted by Crippen LogP contribution is 2.30. The van der Waals surface area contributed by atoms with Crippen LogP contribution in [0.3, 0.4) is 0 Å². The summed E-state index contributed by atoms with van der Waals surface area (Å²) in [6.07, 6.45) is 1.46. The molecule has 1 saturated heterocycles. The van der Waals surface area contributed by atoms with Gasteiger partial charge < -0.3 is 4.74 Å². The number of nitrogens with zero attached hydrogens (tertiary/aromatic N) is 1. The number of ether oxygens (including phenoxy) is 1. The Kier molecular flexibility index (Phi) is 6.40. The van der Waals surface area contributed by atoms with Crippen molar-refractivity contribution in [3.63, 3.8) is 0 Å². The first-order chi connectivity index (χ1) is 17.4. The molecule has 178 valence electrons. The number of urea groups is 1. The van der Waals surface area contributed by atoms with Crippen molar-refractivity contribution in [2.45, 2.75) is 13.5 Å². The van der Waals surface area contributed by atoms with Crippen LogP contribution in [-0.2, 0) is 16.2 Å². The van der Waals surface area contributed by atoms with Gasteiger partial charge in [0.2, 0.25) is 0 Å². The first-order valence-corrected chi connectivity index (χ1v) is 12.1. The minimum Gasteiger partial charge on any atom is -0.488 e. The van der Waals surface area contributed by atoms with Crippen LogP contribution in [0.4, 0.5) is 10.5 Å². The zero-order valence-electron chi connectivity index (χ0n) is 19.3. The number of amides is 4. The van der Waals surface area contributed by atoms with E-state index in [4.69, 9.17) is 4.74 Å². The number of barbiturate groups is 1. The Morgan fingerprint density at radius 1 is 0.917 bits per heavy atom. The number of hydrogen-bond acceptors (Lipinski definition) is 4. The third-order valence-corrected chi connectivity index (χ3v) is 6.54. The Labute approximate surface area is 216 Å². The number of carbonyl (C=O) groups excluding carboxylic acids is 3. The van der Waals surface area contributed by atoms with Gasteiger partial charge in [0.25, 0.3) is 11.8 Å². The molecule has 0 aliphatic carbocycles. The lowest BCUT2D eigenvalue weighted by Gasteiger charge is -2.26. The van der Waals surface area contributed by atoms with Crippen LogP contribution in [0.15, 0.2) is 95.0 Å². The molecular formula is C29H21BrN2O4. The molecule has 0 bridgehead atoms. The van der Waals surface area contributed by atoms with Gasteiger partial charge in [-0.1, -0.05) is 66.2 Å². The molecule has 4 amide bonds. The molecule has 1 heterocycles. The van der Waals surface area contributed by atoms with Gasteiger partial charge in [-0.3, -0.25) is 14.9 Å². The quantitative estimate of drug-likeness (QED) is 0.243. The molecule has 5 rings (SSSR count). The van der Waals surface area contributed by atoms with E-state index in [9.17, 15) is 14.4 Å². The highest BCUT2D eigenvalue weighted by atomic mass is 79.9. The fourth-order valence-electron chi connectivity index (χ4n) is 4.05. The molecule has 0 radical (unpaired) electrons. The minimum absolute atomic E-state index is 0.133. The molecule has 0 unspecified atom stereocenters. The summed E-state index contributed by atoms with van der Waals surface area (Å²) in [5.41, 5.74) is 2.92. The first kappa shape index (κ1) is 23.5. The van der Waals surface area contributed by atoms with Crippen molar-refractivity contribution in [1.29, 1.82) is 0 Å². The largest absolute Gasteiger partial charge is 0.488 e. The lowest BCUT2D eigenvalue weighted by molar-refractivity contribution is -0.122. The van der Waals surface area contributed by atoms with Gasteiger partial charge in [-0.15, -0.1) is 0 Å². The number of imide groups is 2. The van der Waals surface area contributed by atoms with Gasteiger partial charge >= 0.3 is 6.03 Å². The van der Waals surface area contributed by atoms with E-state index in [1.165, 1.54) is 6.08 Å². The number of anilines is 1. The number of hydrogen-bond donors (Lipinski definition) is 1. The lowest BCUT2D eigenvalue weighted by Crippen LogP contribution is -2.54. The molecule has 0 atom stereocenters. The van der Waals surface area contributed by atoms with Crippen molar-refractivity contribution in [3.8, 4) is 5.75 Å². The fourth-order valence-corrected chi connectivity index (χ4v) is 4.56. The van der Waals surface area contributed by atoms with Gasteiger partial charge in [-0.2, -0.15) is 0 Å². The summed E-state index contributed by atoms with van der Waals surface area (Å²) >= 11 is 3.53. The van der Waals surface area contributed by atoms with E-state index in [0.717, 1.165) is 26.8 Å². The first-order valence-electron chi connectivity index (χ1n) is 11.3. The molecule has 0 saturated carbocycles. The number of aryl methyl sites for hydroxylation is 1. The Morgan fingerprint density at radius 3 is 2.44 bits per heavy atom. The van der Waals surface area contributed by atoms with E-state index in [1.807, 2.05) is 31.2 Å². The van der Waals surface area contributed by atoms with Gasteiger partial charge in [-0.25, -0.2) is 9.69 Å². The predicted molar refractivity (Wildman–Crippen MR) is 143 cm³/mol. The number of carbonyl (C=O) groups is 3. The zero-order chi connectivity index (χ0) is 25.2. The molecular weight excluding hydrogens is 520 g/mol. The fraction of sp³-hybridized carbons (Fsp3) is 0.0690. The van der Waals surface area contributed by atoms with Crippen LogP contribution in [0.25, 0.3) is 16.8 Å². The average Bonchev–Trinajstić information content (AvgIpc) is 2.87. The maximum atomic E-state index is 13.1. The molecule has 1 fully saturated rings. The molecule has 1 aliphatic rings. The summed E-state index contributed by atoms with van der Waals surface area (Å²) in [5.74, 6) is -0.790. The van der Waals surface area contributed by atoms with Crippen LogP contribution >= 0.6 is 15.9 Å². The summed E-state index contributed by atoms with van der Waals surface area (Å²) in [7, 11) is 0. The molecule has 1 aliphatic heterocycles. The monoisotopic (exact) mass is 540 g/mol.